The van der Waals surface area contributed by atoms with Gasteiger partial charge in [0.25, 0.3) is 0 Å². The van der Waals surface area contributed by atoms with E-state index in [2.05, 4.69) is 15.6 Å². The third kappa shape index (κ3) is 3.37. The van der Waals surface area contributed by atoms with Crippen LogP contribution >= 0.6 is 0 Å². The number of amides is 1. The monoisotopic (exact) mass is 316 g/mol. The van der Waals surface area contributed by atoms with E-state index < -0.39 is 5.97 Å². The van der Waals surface area contributed by atoms with Crippen LogP contribution < -0.4 is 5.32 Å². The minimum Gasteiger partial charge on any atom is -0.476 e. The summed E-state index contributed by atoms with van der Waals surface area (Å²) in [6.07, 6.45) is 1.14. The number of carboxylic acid groups (broad SMARTS) is 1. The Hall–Kier alpha value is -2.74. The fraction of sp³-hybridized carbons (Fsp3) is 0.333. The molecule has 1 unspecified atom stereocenters. The van der Waals surface area contributed by atoms with Crippen LogP contribution in [-0.2, 0) is 16.1 Å². The van der Waals surface area contributed by atoms with Crippen LogP contribution in [0.4, 0.5) is 5.69 Å². The van der Waals surface area contributed by atoms with Gasteiger partial charge in [-0.3, -0.25) is 4.79 Å². The highest BCUT2D eigenvalue weighted by molar-refractivity contribution is 5.91. The number of hydrogen-bond acceptors (Lipinski definition) is 5. The van der Waals surface area contributed by atoms with Gasteiger partial charge in [-0.1, -0.05) is 23.4 Å². The average molecular weight is 316 g/mol. The molecule has 23 heavy (non-hydrogen) atoms. The van der Waals surface area contributed by atoms with Crippen LogP contribution in [0.2, 0.25) is 0 Å². The molecule has 1 fully saturated rings. The Bertz CT molecular complexity index is 708. The number of ether oxygens (including phenoxy) is 1. The molecule has 1 aliphatic heterocycles. The van der Waals surface area contributed by atoms with Crippen molar-refractivity contribution in [3.8, 4) is 0 Å². The third-order valence-electron chi connectivity index (χ3n) is 3.56. The van der Waals surface area contributed by atoms with E-state index in [9.17, 15) is 14.7 Å². The summed E-state index contributed by atoms with van der Waals surface area (Å²) in [6, 6.07) is 9.00. The predicted octanol–water partition coefficient (Wildman–Crippen LogP) is 1.47. The first-order valence-electron chi connectivity index (χ1n) is 7.28. The van der Waals surface area contributed by atoms with Gasteiger partial charge in [-0.25, -0.2) is 9.48 Å². The maximum Gasteiger partial charge on any atom is 0.358 e. The number of benzene rings is 1. The van der Waals surface area contributed by atoms with E-state index >= 15 is 0 Å². The van der Waals surface area contributed by atoms with E-state index in [0.717, 1.165) is 6.42 Å². The highest BCUT2D eigenvalue weighted by atomic mass is 16.5. The van der Waals surface area contributed by atoms with E-state index in [4.69, 9.17) is 4.74 Å². The van der Waals surface area contributed by atoms with E-state index in [1.54, 1.807) is 12.1 Å². The predicted molar refractivity (Wildman–Crippen MR) is 80.0 cm³/mol. The molecule has 8 nitrogen and oxygen atoms in total. The van der Waals surface area contributed by atoms with Crippen molar-refractivity contribution in [3.05, 3.63) is 41.7 Å². The fourth-order valence-corrected chi connectivity index (χ4v) is 2.56. The van der Waals surface area contributed by atoms with Gasteiger partial charge >= 0.3 is 5.97 Å². The molecule has 120 valence electrons. The fourth-order valence-electron chi connectivity index (χ4n) is 2.56. The lowest BCUT2D eigenvalue weighted by Crippen LogP contribution is -2.22. The SMILES string of the molecule is O=C(Cn1nnc(C(=O)O)c1C1CCCO1)Nc1ccccc1. The van der Waals surface area contributed by atoms with Gasteiger partial charge in [0.1, 0.15) is 18.3 Å². The first-order valence-corrected chi connectivity index (χ1v) is 7.28. The molecular formula is C15H16N4O4. The molecule has 0 radical (unpaired) electrons. The van der Waals surface area contributed by atoms with E-state index in [1.165, 1.54) is 4.68 Å². The topological polar surface area (TPSA) is 106 Å². The Balaban J connectivity index is 1.79. The first-order chi connectivity index (χ1) is 11.1. The molecule has 0 saturated carbocycles. The van der Waals surface area contributed by atoms with Crippen molar-refractivity contribution in [2.75, 3.05) is 11.9 Å². The quantitative estimate of drug-likeness (QED) is 0.865. The summed E-state index contributed by atoms with van der Waals surface area (Å²) in [4.78, 5) is 23.4. The van der Waals surface area contributed by atoms with Crippen molar-refractivity contribution in [2.24, 2.45) is 0 Å². The molecule has 1 aromatic heterocycles. The molecule has 1 amide bonds. The zero-order valence-corrected chi connectivity index (χ0v) is 12.3. The Morgan fingerprint density at radius 2 is 2.13 bits per heavy atom. The van der Waals surface area contributed by atoms with E-state index in [-0.39, 0.29) is 24.2 Å². The van der Waals surface area contributed by atoms with Crippen LogP contribution in [0.5, 0.6) is 0 Å². The third-order valence-corrected chi connectivity index (χ3v) is 3.56. The summed E-state index contributed by atoms with van der Waals surface area (Å²) in [5.41, 5.74) is 0.845. The normalized spacial score (nSPS) is 17.1. The Kier molecular flexibility index (Phi) is 4.33. The lowest BCUT2D eigenvalue weighted by Gasteiger charge is -2.12. The first kappa shape index (κ1) is 15.2. The number of rotatable bonds is 5. The van der Waals surface area contributed by atoms with Crippen LogP contribution in [0.25, 0.3) is 0 Å². The molecule has 1 atom stereocenters. The minimum absolute atomic E-state index is 0.121. The van der Waals surface area contributed by atoms with Crippen LogP contribution in [0.1, 0.15) is 35.1 Å². The molecule has 3 rings (SSSR count). The molecular weight excluding hydrogens is 300 g/mol. The van der Waals surface area contributed by atoms with Gasteiger partial charge in [-0.15, -0.1) is 5.10 Å². The van der Waals surface area contributed by atoms with Crippen LogP contribution in [-0.4, -0.2) is 38.6 Å². The minimum atomic E-state index is -1.18. The maximum atomic E-state index is 12.1. The number of carbonyl (C=O) groups excluding carboxylic acids is 1. The largest absolute Gasteiger partial charge is 0.476 e. The van der Waals surface area contributed by atoms with Crippen LogP contribution in [0.15, 0.2) is 30.3 Å². The molecule has 2 aromatic rings. The summed E-state index contributed by atoms with van der Waals surface area (Å²) >= 11 is 0. The maximum absolute atomic E-state index is 12.1. The molecule has 1 aliphatic rings. The number of carboxylic acids is 1. The summed E-state index contributed by atoms with van der Waals surface area (Å²) in [7, 11) is 0. The van der Waals surface area contributed by atoms with Crippen molar-refractivity contribution in [2.45, 2.75) is 25.5 Å². The van der Waals surface area contributed by atoms with Gasteiger partial charge in [-0.2, -0.15) is 0 Å². The van der Waals surface area contributed by atoms with Crippen LogP contribution in [0.3, 0.4) is 0 Å². The van der Waals surface area contributed by atoms with Gasteiger partial charge in [0.05, 0.1) is 0 Å². The molecule has 8 heteroatoms. The van der Waals surface area contributed by atoms with Crippen molar-refractivity contribution in [1.29, 1.82) is 0 Å². The molecule has 0 aliphatic carbocycles. The molecule has 0 spiro atoms. The van der Waals surface area contributed by atoms with Crippen LogP contribution in [0, 0.1) is 0 Å². The summed E-state index contributed by atoms with van der Waals surface area (Å²) in [5, 5.41) is 19.4. The second-order valence-electron chi connectivity index (χ2n) is 5.20. The number of nitrogens with zero attached hydrogens (tertiary/aromatic N) is 3. The number of para-hydroxylation sites is 1. The molecule has 2 N–H and O–H groups in total. The van der Waals surface area contributed by atoms with E-state index in [0.29, 0.717) is 24.4 Å². The number of aromatic nitrogens is 3. The number of aromatic carboxylic acids is 1. The number of nitrogens with one attached hydrogen (secondary N) is 1. The Labute approximate surface area is 132 Å². The molecule has 0 bridgehead atoms. The molecule has 1 aromatic carbocycles. The van der Waals surface area contributed by atoms with Gasteiger partial charge in [0.2, 0.25) is 5.91 Å². The lowest BCUT2D eigenvalue weighted by molar-refractivity contribution is -0.117. The second kappa shape index (κ2) is 6.57. The van der Waals surface area contributed by atoms with Crippen molar-refractivity contribution >= 4 is 17.6 Å². The van der Waals surface area contributed by atoms with Crippen molar-refractivity contribution in [1.82, 2.24) is 15.0 Å². The standard InChI is InChI=1S/C15H16N4O4/c20-12(16-10-5-2-1-3-6-10)9-19-14(11-7-4-8-23-11)13(15(21)22)17-18-19/h1-3,5-6,11H,4,7-9H2,(H,16,20)(H,21,22). The summed E-state index contributed by atoms with van der Waals surface area (Å²) < 4.78 is 6.84. The highest BCUT2D eigenvalue weighted by Gasteiger charge is 2.30. The number of anilines is 1. The number of hydrogen-bond donors (Lipinski definition) is 2. The zero-order valence-electron chi connectivity index (χ0n) is 12.3. The van der Waals surface area contributed by atoms with Crippen molar-refractivity contribution in [3.63, 3.8) is 0 Å². The van der Waals surface area contributed by atoms with Gasteiger partial charge in [0.15, 0.2) is 5.69 Å². The molecule has 2 heterocycles. The lowest BCUT2D eigenvalue weighted by atomic mass is 10.1. The van der Waals surface area contributed by atoms with Crippen molar-refractivity contribution < 1.29 is 19.4 Å². The summed E-state index contributed by atoms with van der Waals surface area (Å²) in [6.45, 7) is 0.440. The van der Waals surface area contributed by atoms with Gasteiger partial charge in [-0.05, 0) is 25.0 Å². The van der Waals surface area contributed by atoms with Gasteiger partial charge in [0, 0.05) is 12.3 Å². The second-order valence-corrected chi connectivity index (χ2v) is 5.20. The van der Waals surface area contributed by atoms with E-state index in [1.807, 2.05) is 18.2 Å². The molecule has 1 saturated heterocycles. The summed E-state index contributed by atoms with van der Waals surface area (Å²) in [5.74, 6) is -1.48. The zero-order chi connectivity index (χ0) is 16.2. The Morgan fingerprint density at radius 1 is 1.35 bits per heavy atom. The number of carbonyl (C=O) groups is 2. The smallest absolute Gasteiger partial charge is 0.358 e. The average Bonchev–Trinajstić information content (AvgIpc) is 3.16. The highest BCUT2D eigenvalue weighted by Crippen LogP contribution is 2.30. The van der Waals surface area contributed by atoms with Gasteiger partial charge < -0.3 is 15.2 Å². The Morgan fingerprint density at radius 3 is 2.78 bits per heavy atom.